The molecule has 1 aromatic heterocycles. The SMILES string of the molecule is CC1CC(NC(=O)Cc2ccc(-c3nn[nH]n3)cc2F)CC(C)N1. The molecule has 0 aliphatic carbocycles. The molecular weight excluding hydrogens is 311 g/mol. The van der Waals surface area contributed by atoms with Crippen molar-refractivity contribution in [3.63, 3.8) is 0 Å². The van der Waals surface area contributed by atoms with Gasteiger partial charge in [-0.05, 0) is 43.5 Å². The van der Waals surface area contributed by atoms with E-state index >= 15 is 0 Å². The van der Waals surface area contributed by atoms with Crippen LogP contribution in [0, 0.1) is 5.82 Å². The molecule has 7 nitrogen and oxygen atoms in total. The first-order valence-corrected chi connectivity index (χ1v) is 8.09. The van der Waals surface area contributed by atoms with Crippen LogP contribution >= 0.6 is 0 Å². The number of benzene rings is 1. The van der Waals surface area contributed by atoms with Gasteiger partial charge in [0.15, 0.2) is 0 Å². The highest BCUT2D eigenvalue weighted by molar-refractivity contribution is 5.79. The number of carbonyl (C=O) groups is 1. The summed E-state index contributed by atoms with van der Waals surface area (Å²) in [6, 6.07) is 5.46. The second kappa shape index (κ2) is 7.04. The van der Waals surface area contributed by atoms with Crippen molar-refractivity contribution in [3.8, 4) is 11.4 Å². The Morgan fingerprint density at radius 1 is 1.33 bits per heavy atom. The largest absolute Gasteiger partial charge is 0.353 e. The second-order valence-electron chi connectivity index (χ2n) is 6.42. The van der Waals surface area contributed by atoms with E-state index in [1.54, 1.807) is 12.1 Å². The van der Waals surface area contributed by atoms with Crippen molar-refractivity contribution in [1.82, 2.24) is 31.3 Å². The third kappa shape index (κ3) is 3.94. The van der Waals surface area contributed by atoms with Crippen molar-refractivity contribution < 1.29 is 9.18 Å². The van der Waals surface area contributed by atoms with Crippen molar-refractivity contribution in [3.05, 3.63) is 29.6 Å². The minimum absolute atomic E-state index is 0.0189. The standard InChI is InChI=1S/C16H21FN6O/c1-9-5-13(6-10(2)18-9)19-15(24)8-11-3-4-12(7-14(11)17)16-20-22-23-21-16/h3-4,7,9-10,13,18H,5-6,8H2,1-2H3,(H,19,24)(H,20,21,22,23). The van der Waals surface area contributed by atoms with Gasteiger partial charge in [0.05, 0.1) is 6.42 Å². The molecule has 1 aliphatic heterocycles. The van der Waals surface area contributed by atoms with Crippen molar-refractivity contribution in [2.75, 3.05) is 0 Å². The van der Waals surface area contributed by atoms with E-state index in [9.17, 15) is 9.18 Å². The van der Waals surface area contributed by atoms with Crippen molar-refractivity contribution in [2.24, 2.45) is 0 Å². The summed E-state index contributed by atoms with van der Waals surface area (Å²) in [5.41, 5.74) is 0.876. The molecule has 8 heteroatoms. The van der Waals surface area contributed by atoms with Gasteiger partial charge in [-0.15, -0.1) is 10.2 Å². The minimum Gasteiger partial charge on any atom is -0.353 e. The number of tetrazole rings is 1. The number of carbonyl (C=O) groups excluding carboxylic acids is 1. The fourth-order valence-electron chi connectivity index (χ4n) is 3.25. The number of H-pyrrole nitrogens is 1. The predicted molar refractivity (Wildman–Crippen MR) is 86.5 cm³/mol. The first kappa shape index (κ1) is 16.5. The maximum atomic E-state index is 14.2. The second-order valence-corrected chi connectivity index (χ2v) is 6.42. The Hall–Kier alpha value is -2.35. The van der Waals surface area contributed by atoms with E-state index in [4.69, 9.17) is 0 Å². The number of nitrogens with zero attached hydrogens (tertiary/aromatic N) is 3. The van der Waals surface area contributed by atoms with Crippen LogP contribution < -0.4 is 10.6 Å². The number of aromatic amines is 1. The minimum atomic E-state index is -0.445. The lowest BCUT2D eigenvalue weighted by Crippen LogP contribution is -2.50. The molecule has 3 N–H and O–H groups in total. The van der Waals surface area contributed by atoms with Crippen LogP contribution in [-0.2, 0) is 11.2 Å². The number of nitrogens with one attached hydrogen (secondary N) is 3. The number of rotatable bonds is 4. The molecule has 2 heterocycles. The topological polar surface area (TPSA) is 95.6 Å². The number of hydrogen-bond acceptors (Lipinski definition) is 5. The van der Waals surface area contributed by atoms with Crippen LogP contribution in [0.2, 0.25) is 0 Å². The van der Waals surface area contributed by atoms with Crippen LogP contribution in [0.4, 0.5) is 4.39 Å². The smallest absolute Gasteiger partial charge is 0.224 e. The number of aromatic nitrogens is 4. The first-order chi connectivity index (χ1) is 11.5. The maximum Gasteiger partial charge on any atom is 0.224 e. The molecule has 2 atom stereocenters. The van der Waals surface area contributed by atoms with Crippen LogP contribution in [0.5, 0.6) is 0 Å². The lowest BCUT2D eigenvalue weighted by Gasteiger charge is -2.33. The van der Waals surface area contributed by atoms with Crippen LogP contribution in [0.3, 0.4) is 0 Å². The fraction of sp³-hybridized carbons (Fsp3) is 0.500. The highest BCUT2D eigenvalue weighted by atomic mass is 19.1. The highest BCUT2D eigenvalue weighted by Gasteiger charge is 2.24. The third-order valence-electron chi connectivity index (χ3n) is 4.22. The Morgan fingerprint density at radius 3 is 2.71 bits per heavy atom. The number of hydrogen-bond donors (Lipinski definition) is 3. The van der Waals surface area contributed by atoms with Gasteiger partial charge in [-0.25, -0.2) is 4.39 Å². The van der Waals surface area contributed by atoms with Crippen LogP contribution in [0.25, 0.3) is 11.4 Å². The van der Waals surface area contributed by atoms with E-state index < -0.39 is 5.82 Å². The molecule has 128 valence electrons. The van der Waals surface area contributed by atoms with Gasteiger partial charge in [-0.1, -0.05) is 12.1 Å². The quantitative estimate of drug-likeness (QED) is 0.782. The summed E-state index contributed by atoms with van der Waals surface area (Å²) in [7, 11) is 0. The summed E-state index contributed by atoms with van der Waals surface area (Å²) in [4.78, 5) is 12.2. The van der Waals surface area contributed by atoms with Crippen molar-refractivity contribution in [2.45, 2.75) is 51.2 Å². The summed E-state index contributed by atoms with van der Waals surface area (Å²) in [6.07, 6.45) is 1.79. The zero-order valence-corrected chi connectivity index (χ0v) is 13.7. The summed E-state index contributed by atoms with van der Waals surface area (Å²) in [5.74, 6) is -0.283. The predicted octanol–water partition coefficient (Wildman–Crippen LogP) is 1.19. The van der Waals surface area contributed by atoms with Gasteiger partial charge < -0.3 is 10.6 Å². The summed E-state index contributed by atoms with van der Waals surface area (Å²) < 4.78 is 14.2. The van der Waals surface area contributed by atoms with E-state index in [1.165, 1.54) is 6.07 Å². The Morgan fingerprint density at radius 2 is 2.08 bits per heavy atom. The maximum absolute atomic E-state index is 14.2. The molecule has 1 saturated heterocycles. The molecule has 2 aromatic rings. The first-order valence-electron chi connectivity index (χ1n) is 8.09. The van der Waals surface area contributed by atoms with Gasteiger partial charge >= 0.3 is 0 Å². The lowest BCUT2D eigenvalue weighted by molar-refractivity contribution is -0.121. The van der Waals surface area contributed by atoms with E-state index in [-0.39, 0.29) is 18.4 Å². The van der Waals surface area contributed by atoms with Gasteiger partial charge in [0.1, 0.15) is 5.82 Å². The molecule has 0 radical (unpaired) electrons. The molecule has 24 heavy (non-hydrogen) atoms. The van der Waals surface area contributed by atoms with E-state index in [0.29, 0.717) is 29.0 Å². The Kier molecular flexibility index (Phi) is 4.84. The molecule has 1 amide bonds. The third-order valence-corrected chi connectivity index (χ3v) is 4.22. The molecule has 0 spiro atoms. The van der Waals surface area contributed by atoms with Gasteiger partial charge in [-0.2, -0.15) is 5.21 Å². The van der Waals surface area contributed by atoms with Crippen LogP contribution in [0.15, 0.2) is 18.2 Å². The summed E-state index contributed by atoms with van der Waals surface area (Å²) >= 11 is 0. The molecule has 1 aromatic carbocycles. The van der Waals surface area contributed by atoms with Gasteiger partial charge in [0, 0.05) is 23.7 Å². The van der Waals surface area contributed by atoms with E-state index in [1.807, 2.05) is 0 Å². The molecule has 0 saturated carbocycles. The number of halogens is 1. The van der Waals surface area contributed by atoms with Gasteiger partial charge in [0.2, 0.25) is 11.7 Å². The van der Waals surface area contributed by atoms with Crippen LogP contribution in [-0.4, -0.2) is 44.7 Å². The normalized spacial score (nSPS) is 23.9. The Bertz CT molecular complexity index is 695. The number of piperidine rings is 1. The van der Waals surface area contributed by atoms with Gasteiger partial charge in [-0.3, -0.25) is 4.79 Å². The molecule has 2 unspecified atom stereocenters. The van der Waals surface area contributed by atoms with Gasteiger partial charge in [0.25, 0.3) is 0 Å². The molecular formula is C16H21FN6O. The average Bonchev–Trinajstić information content (AvgIpc) is 3.02. The monoisotopic (exact) mass is 332 g/mol. The molecule has 1 aliphatic rings. The molecule has 0 bridgehead atoms. The van der Waals surface area contributed by atoms with Crippen molar-refractivity contribution in [1.29, 1.82) is 0 Å². The Labute approximate surface area is 139 Å². The average molecular weight is 332 g/mol. The van der Waals surface area contributed by atoms with E-state index in [2.05, 4.69) is 45.1 Å². The zero-order chi connectivity index (χ0) is 17.1. The van der Waals surface area contributed by atoms with Crippen molar-refractivity contribution >= 4 is 5.91 Å². The number of amides is 1. The fourth-order valence-corrected chi connectivity index (χ4v) is 3.25. The lowest BCUT2D eigenvalue weighted by atomic mass is 9.95. The Balaban J connectivity index is 1.62. The molecule has 1 fully saturated rings. The summed E-state index contributed by atoms with van der Waals surface area (Å²) in [6.45, 7) is 4.20. The summed E-state index contributed by atoms with van der Waals surface area (Å²) in [5, 5.41) is 19.8. The van der Waals surface area contributed by atoms with E-state index in [0.717, 1.165) is 12.8 Å². The van der Waals surface area contributed by atoms with Crippen LogP contribution in [0.1, 0.15) is 32.3 Å². The molecule has 3 rings (SSSR count). The zero-order valence-electron chi connectivity index (χ0n) is 13.7. The highest BCUT2D eigenvalue weighted by Crippen LogP contribution is 2.19.